The first-order valence-corrected chi connectivity index (χ1v) is 8.42. The maximum atomic E-state index is 13.0. The van der Waals surface area contributed by atoms with E-state index in [0.717, 1.165) is 21.6 Å². The molecule has 2 aromatic heterocycles. The second-order valence-electron chi connectivity index (χ2n) is 5.11. The summed E-state index contributed by atoms with van der Waals surface area (Å²) < 4.78 is 1.63. The Labute approximate surface area is 136 Å². The van der Waals surface area contributed by atoms with Crippen molar-refractivity contribution in [3.8, 4) is 5.69 Å². The van der Waals surface area contributed by atoms with E-state index in [1.165, 1.54) is 11.8 Å². The zero-order valence-corrected chi connectivity index (χ0v) is 13.2. The summed E-state index contributed by atoms with van der Waals surface area (Å²) in [6.45, 7) is 0. The Morgan fingerprint density at radius 3 is 2.39 bits per heavy atom. The fourth-order valence-electron chi connectivity index (χ4n) is 2.72. The third kappa shape index (κ3) is 2.21. The predicted molar refractivity (Wildman–Crippen MR) is 94.4 cm³/mol. The molecule has 0 aliphatic rings. The summed E-state index contributed by atoms with van der Waals surface area (Å²) in [6.07, 6.45) is 3.67. The van der Waals surface area contributed by atoms with Crippen LogP contribution in [0, 0.1) is 0 Å². The van der Waals surface area contributed by atoms with Crippen LogP contribution < -0.4 is 5.56 Å². The number of benzene rings is 2. The Balaban J connectivity index is 2.24. The monoisotopic (exact) mass is 319 g/mol. The van der Waals surface area contributed by atoms with Crippen LogP contribution in [0.2, 0.25) is 0 Å². The van der Waals surface area contributed by atoms with Gasteiger partial charge in [0, 0.05) is 10.8 Å². The molecule has 2 heterocycles. The van der Waals surface area contributed by atoms with Crippen molar-refractivity contribution in [2.24, 2.45) is 0 Å². The van der Waals surface area contributed by atoms with Crippen LogP contribution in [0.3, 0.4) is 0 Å². The topological polar surface area (TPSA) is 47.8 Å². The van der Waals surface area contributed by atoms with Crippen LogP contribution in [0.25, 0.3) is 27.6 Å². The van der Waals surface area contributed by atoms with Gasteiger partial charge in [0.1, 0.15) is 10.5 Å². The van der Waals surface area contributed by atoms with Gasteiger partial charge >= 0.3 is 0 Å². The Morgan fingerprint density at radius 1 is 0.957 bits per heavy atom. The highest BCUT2D eigenvalue weighted by Gasteiger charge is 2.14. The molecule has 112 valence electrons. The molecule has 0 saturated carbocycles. The number of para-hydroxylation sites is 1. The number of hydrogen-bond acceptors (Lipinski definition) is 4. The molecule has 4 nitrogen and oxygen atoms in total. The third-order valence-corrected chi connectivity index (χ3v) is 4.40. The van der Waals surface area contributed by atoms with Gasteiger partial charge in [0.05, 0.1) is 11.9 Å². The predicted octanol–water partition coefficient (Wildman–Crippen LogP) is 3.66. The van der Waals surface area contributed by atoms with Gasteiger partial charge in [-0.1, -0.05) is 36.4 Å². The normalized spacial score (nSPS) is 11.2. The van der Waals surface area contributed by atoms with Crippen LogP contribution in [0.15, 0.2) is 70.6 Å². The zero-order valence-electron chi connectivity index (χ0n) is 12.4. The summed E-state index contributed by atoms with van der Waals surface area (Å²) in [7, 11) is 0. The smallest absolute Gasteiger partial charge is 0.264 e. The molecule has 0 saturated heterocycles. The van der Waals surface area contributed by atoms with Crippen molar-refractivity contribution in [2.75, 3.05) is 6.26 Å². The van der Waals surface area contributed by atoms with Crippen LogP contribution in [0.5, 0.6) is 0 Å². The van der Waals surface area contributed by atoms with E-state index < -0.39 is 0 Å². The molecule has 2 aromatic carbocycles. The molecule has 0 radical (unpaired) electrons. The Kier molecular flexibility index (Phi) is 3.35. The molecule has 4 rings (SSSR count). The molecule has 0 N–H and O–H groups in total. The summed E-state index contributed by atoms with van der Waals surface area (Å²) >= 11 is 1.54. The first-order valence-electron chi connectivity index (χ1n) is 7.19. The van der Waals surface area contributed by atoms with Crippen molar-refractivity contribution in [1.82, 2.24) is 14.5 Å². The van der Waals surface area contributed by atoms with Gasteiger partial charge in [-0.3, -0.25) is 9.36 Å². The minimum Gasteiger partial charge on any atom is -0.268 e. The molecule has 0 atom stereocenters. The molecule has 0 aliphatic heterocycles. The highest BCUT2D eigenvalue weighted by molar-refractivity contribution is 7.98. The average Bonchev–Trinajstić information content (AvgIpc) is 2.63. The fraction of sp³-hybridized carbons (Fsp3) is 0.0556. The molecule has 23 heavy (non-hydrogen) atoms. The third-order valence-electron chi connectivity index (χ3n) is 3.78. The minimum atomic E-state index is -0.0782. The number of rotatable bonds is 2. The van der Waals surface area contributed by atoms with Crippen molar-refractivity contribution >= 4 is 33.7 Å². The van der Waals surface area contributed by atoms with Gasteiger partial charge in [0.15, 0.2) is 5.65 Å². The minimum absolute atomic E-state index is 0.0782. The van der Waals surface area contributed by atoms with Crippen molar-refractivity contribution in [3.05, 3.63) is 71.1 Å². The molecule has 0 fully saturated rings. The standard InChI is InChI=1S/C18H13N3OS/c1-23-15-11-19-17-16(20-15)13-9-5-6-10-14(13)18(22)21(17)12-7-3-2-4-8-12/h2-11H,1H3. The lowest BCUT2D eigenvalue weighted by atomic mass is 10.1. The first-order chi connectivity index (χ1) is 11.3. The number of fused-ring (bicyclic) bond motifs is 3. The summed E-state index contributed by atoms with van der Waals surface area (Å²) in [6, 6.07) is 17.1. The fourth-order valence-corrected chi connectivity index (χ4v) is 3.06. The lowest BCUT2D eigenvalue weighted by molar-refractivity contribution is 1.000. The first kappa shape index (κ1) is 14.0. The van der Waals surface area contributed by atoms with E-state index in [1.54, 1.807) is 10.8 Å². The molecular weight excluding hydrogens is 306 g/mol. The lowest BCUT2D eigenvalue weighted by Gasteiger charge is -2.12. The molecule has 0 spiro atoms. The molecule has 0 unspecified atom stereocenters. The van der Waals surface area contributed by atoms with Gasteiger partial charge in [-0.15, -0.1) is 11.8 Å². The average molecular weight is 319 g/mol. The van der Waals surface area contributed by atoms with E-state index in [0.29, 0.717) is 11.0 Å². The van der Waals surface area contributed by atoms with Crippen molar-refractivity contribution < 1.29 is 0 Å². The van der Waals surface area contributed by atoms with E-state index in [-0.39, 0.29) is 5.56 Å². The van der Waals surface area contributed by atoms with Gasteiger partial charge in [-0.2, -0.15) is 0 Å². The molecule has 0 amide bonds. The number of aromatic nitrogens is 3. The quantitative estimate of drug-likeness (QED) is 0.418. The van der Waals surface area contributed by atoms with Crippen molar-refractivity contribution in [1.29, 1.82) is 0 Å². The van der Waals surface area contributed by atoms with Crippen molar-refractivity contribution in [2.45, 2.75) is 5.03 Å². The second kappa shape index (κ2) is 5.52. The van der Waals surface area contributed by atoms with Gasteiger partial charge in [0.2, 0.25) is 0 Å². The lowest BCUT2D eigenvalue weighted by Crippen LogP contribution is -2.20. The summed E-state index contributed by atoms with van der Waals surface area (Å²) in [4.78, 5) is 22.2. The van der Waals surface area contributed by atoms with Crippen LogP contribution in [-0.4, -0.2) is 20.8 Å². The van der Waals surface area contributed by atoms with Crippen molar-refractivity contribution in [3.63, 3.8) is 0 Å². The molecule has 0 aliphatic carbocycles. The largest absolute Gasteiger partial charge is 0.268 e. The van der Waals surface area contributed by atoms with Gasteiger partial charge in [-0.25, -0.2) is 9.97 Å². The Hall–Kier alpha value is -2.66. The van der Waals surface area contributed by atoms with Crippen LogP contribution >= 0.6 is 11.8 Å². The van der Waals surface area contributed by atoms with Crippen LogP contribution in [-0.2, 0) is 0 Å². The maximum absolute atomic E-state index is 13.0. The Bertz CT molecular complexity index is 1070. The summed E-state index contributed by atoms with van der Waals surface area (Å²) in [5, 5.41) is 2.32. The van der Waals surface area contributed by atoms with Crippen LogP contribution in [0.4, 0.5) is 0 Å². The van der Waals surface area contributed by atoms with E-state index in [9.17, 15) is 4.79 Å². The van der Waals surface area contributed by atoms with E-state index in [2.05, 4.69) is 9.97 Å². The zero-order chi connectivity index (χ0) is 15.8. The number of nitrogens with zero attached hydrogens (tertiary/aromatic N) is 3. The molecular formula is C18H13N3OS. The highest BCUT2D eigenvalue weighted by Crippen LogP contribution is 2.24. The SMILES string of the molecule is CSc1cnc2c(n1)c1ccccc1c(=O)n2-c1ccccc1. The van der Waals surface area contributed by atoms with Crippen LogP contribution in [0.1, 0.15) is 0 Å². The van der Waals surface area contributed by atoms with Gasteiger partial charge in [0.25, 0.3) is 5.56 Å². The van der Waals surface area contributed by atoms with Gasteiger partial charge in [-0.05, 0) is 24.5 Å². The number of hydrogen-bond donors (Lipinski definition) is 0. The summed E-state index contributed by atoms with van der Waals surface area (Å²) in [5.41, 5.74) is 2.04. The van der Waals surface area contributed by atoms with E-state index in [4.69, 9.17) is 0 Å². The van der Waals surface area contributed by atoms with Gasteiger partial charge < -0.3 is 0 Å². The maximum Gasteiger partial charge on any atom is 0.264 e. The molecule has 4 aromatic rings. The molecule has 5 heteroatoms. The van der Waals surface area contributed by atoms with E-state index in [1.807, 2.05) is 60.9 Å². The van der Waals surface area contributed by atoms with E-state index >= 15 is 0 Å². The summed E-state index contributed by atoms with van der Waals surface area (Å²) in [5.74, 6) is 0. The Morgan fingerprint density at radius 2 is 1.65 bits per heavy atom. The molecule has 0 bridgehead atoms. The second-order valence-corrected chi connectivity index (χ2v) is 5.93. The number of pyridine rings is 1. The highest BCUT2D eigenvalue weighted by atomic mass is 32.2. The number of thioether (sulfide) groups is 1.